The molecule has 0 aliphatic carbocycles. The zero-order valence-corrected chi connectivity index (χ0v) is 17.5. The molecule has 0 saturated heterocycles. The quantitative estimate of drug-likeness (QED) is 0.230. The zero-order valence-electron chi connectivity index (χ0n) is 17.5. The number of nitrogens with zero attached hydrogens (tertiary/aromatic N) is 1. The van der Waals surface area contributed by atoms with Crippen LogP contribution in [-0.2, 0) is 16.0 Å². The molecule has 162 valence electrons. The highest BCUT2D eigenvalue weighted by molar-refractivity contribution is 5.96. The van der Waals surface area contributed by atoms with E-state index >= 15 is 0 Å². The number of hydrogen-bond donors (Lipinski definition) is 1. The number of benzene rings is 3. The molecule has 1 heterocycles. The summed E-state index contributed by atoms with van der Waals surface area (Å²) in [5.41, 5.74) is 3.47. The largest absolute Gasteiger partial charge is 0.461 e. The van der Waals surface area contributed by atoms with Crippen LogP contribution in [0.1, 0.15) is 12.5 Å². The average molecular weight is 430 g/mol. The van der Waals surface area contributed by atoms with Gasteiger partial charge in [-0.3, -0.25) is 10.1 Å². The van der Waals surface area contributed by atoms with E-state index in [0.29, 0.717) is 5.56 Å². The van der Waals surface area contributed by atoms with E-state index in [1.54, 1.807) is 13.1 Å². The zero-order chi connectivity index (χ0) is 22.5. The molecule has 1 atom stereocenters. The lowest BCUT2D eigenvalue weighted by Gasteiger charge is -2.09. The van der Waals surface area contributed by atoms with Gasteiger partial charge in [0.05, 0.1) is 18.5 Å². The number of para-hydroxylation sites is 2. The number of ether oxygens (including phenoxy) is 2. The fourth-order valence-electron chi connectivity index (χ4n) is 3.64. The summed E-state index contributed by atoms with van der Waals surface area (Å²) >= 11 is 0. The SMILES string of the molecule is CCOC(=O)C(Cc1c[nH]c2c(-c3ccc(Oc4ccccc4)cc3)cccc12)[N+](=O)[O-]. The Labute approximate surface area is 184 Å². The van der Waals surface area contributed by atoms with Crippen LogP contribution in [0.5, 0.6) is 11.5 Å². The lowest BCUT2D eigenvalue weighted by atomic mass is 9.99. The molecule has 3 aromatic carbocycles. The summed E-state index contributed by atoms with van der Waals surface area (Å²) in [7, 11) is 0. The molecule has 1 N–H and O–H groups in total. The second kappa shape index (κ2) is 9.34. The van der Waals surface area contributed by atoms with Gasteiger partial charge in [0.1, 0.15) is 11.5 Å². The molecule has 0 aliphatic rings. The van der Waals surface area contributed by atoms with Gasteiger partial charge in [0.2, 0.25) is 0 Å². The molecule has 4 rings (SSSR count). The van der Waals surface area contributed by atoms with Gasteiger partial charge in [0, 0.05) is 22.1 Å². The number of nitrogens with one attached hydrogen (secondary N) is 1. The molecule has 0 fully saturated rings. The van der Waals surface area contributed by atoms with E-state index in [1.165, 1.54) is 0 Å². The highest BCUT2D eigenvalue weighted by Gasteiger charge is 2.32. The normalized spacial score (nSPS) is 11.8. The summed E-state index contributed by atoms with van der Waals surface area (Å²) in [6.45, 7) is 1.73. The van der Waals surface area contributed by atoms with Crippen molar-refractivity contribution < 1.29 is 19.2 Å². The van der Waals surface area contributed by atoms with E-state index in [0.717, 1.165) is 33.5 Å². The van der Waals surface area contributed by atoms with E-state index in [9.17, 15) is 14.9 Å². The number of aromatic amines is 1. The Bertz CT molecular complexity index is 1230. The lowest BCUT2D eigenvalue weighted by Crippen LogP contribution is -2.33. The average Bonchev–Trinajstić information content (AvgIpc) is 3.21. The van der Waals surface area contributed by atoms with Crippen LogP contribution in [0.2, 0.25) is 0 Å². The minimum atomic E-state index is -1.44. The van der Waals surface area contributed by atoms with Crippen molar-refractivity contribution in [3.63, 3.8) is 0 Å². The molecule has 0 amide bonds. The molecule has 0 bridgehead atoms. The third-order valence-corrected chi connectivity index (χ3v) is 5.17. The van der Waals surface area contributed by atoms with Gasteiger partial charge in [-0.05, 0) is 42.3 Å². The van der Waals surface area contributed by atoms with Gasteiger partial charge in [-0.1, -0.05) is 48.5 Å². The van der Waals surface area contributed by atoms with Gasteiger partial charge >= 0.3 is 12.0 Å². The molecular weight excluding hydrogens is 408 g/mol. The first-order valence-electron chi connectivity index (χ1n) is 10.3. The first kappa shape index (κ1) is 21.1. The Morgan fingerprint density at radius 1 is 1.00 bits per heavy atom. The summed E-state index contributed by atoms with van der Waals surface area (Å²) in [4.78, 5) is 26.1. The number of rotatable bonds is 8. The van der Waals surface area contributed by atoms with Crippen molar-refractivity contribution in [2.45, 2.75) is 19.4 Å². The molecule has 0 aliphatic heterocycles. The Balaban J connectivity index is 1.60. The van der Waals surface area contributed by atoms with Crippen LogP contribution in [0, 0.1) is 10.1 Å². The fraction of sp³-hybridized carbons (Fsp3) is 0.160. The highest BCUT2D eigenvalue weighted by Crippen LogP contribution is 2.32. The third kappa shape index (κ3) is 4.46. The second-order valence-corrected chi connectivity index (χ2v) is 7.24. The summed E-state index contributed by atoms with van der Waals surface area (Å²) in [5.74, 6) is 0.665. The van der Waals surface area contributed by atoms with Crippen LogP contribution in [0.25, 0.3) is 22.0 Å². The summed E-state index contributed by atoms with van der Waals surface area (Å²) < 4.78 is 10.7. The molecule has 0 spiro atoms. The topological polar surface area (TPSA) is 94.5 Å². The molecule has 0 saturated carbocycles. The van der Waals surface area contributed by atoms with Crippen molar-refractivity contribution in [2.24, 2.45) is 0 Å². The first-order chi connectivity index (χ1) is 15.6. The monoisotopic (exact) mass is 430 g/mol. The Morgan fingerprint density at radius 3 is 2.41 bits per heavy atom. The van der Waals surface area contributed by atoms with Crippen LogP contribution in [0.3, 0.4) is 0 Å². The maximum Gasteiger partial charge on any atom is 0.382 e. The Kier molecular flexibility index (Phi) is 6.17. The van der Waals surface area contributed by atoms with Crippen LogP contribution < -0.4 is 4.74 Å². The molecule has 32 heavy (non-hydrogen) atoms. The molecule has 1 unspecified atom stereocenters. The maximum atomic E-state index is 12.0. The van der Waals surface area contributed by atoms with Crippen LogP contribution >= 0.6 is 0 Å². The van der Waals surface area contributed by atoms with E-state index in [4.69, 9.17) is 9.47 Å². The molecular formula is C25H22N2O5. The number of H-pyrrole nitrogens is 1. The van der Waals surface area contributed by atoms with Gasteiger partial charge in [-0.25, -0.2) is 4.79 Å². The Hall–Kier alpha value is -4.13. The molecule has 1 aromatic heterocycles. The minimum absolute atomic E-state index is 0.0425. The maximum absolute atomic E-state index is 12.0. The summed E-state index contributed by atoms with van der Waals surface area (Å²) in [6, 6.07) is 21.6. The molecule has 7 nitrogen and oxygen atoms in total. The standard InChI is InChI=1S/C25H22N2O5/c1-2-31-25(28)23(27(29)30)15-18-16-26-24-21(9-6-10-22(18)24)17-11-13-20(14-12-17)32-19-7-4-3-5-8-19/h3-14,16,23,26H,2,15H2,1H3. The van der Waals surface area contributed by atoms with Crippen molar-refractivity contribution in [1.82, 2.24) is 4.98 Å². The van der Waals surface area contributed by atoms with E-state index in [1.807, 2.05) is 72.8 Å². The highest BCUT2D eigenvalue weighted by atomic mass is 16.6. The predicted molar refractivity (Wildman–Crippen MR) is 121 cm³/mol. The van der Waals surface area contributed by atoms with E-state index < -0.39 is 16.9 Å². The van der Waals surface area contributed by atoms with Crippen molar-refractivity contribution >= 4 is 16.9 Å². The number of aromatic nitrogens is 1. The predicted octanol–water partition coefficient (Wildman–Crippen LogP) is 5.38. The van der Waals surface area contributed by atoms with Gasteiger partial charge in [0.15, 0.2) is 0 Å². The van der Waals surface area contributed by atoms with Crippen molar-refractivity contribution in [3.8, 4) is 22.6 Å². The smallest absolute Gasteiger partial charge is 0.382 e. The summed E-state index contributed by atoms with van der Waals surface area (Å²) in [6.07, 6.45) is 1.68. The molecule has 0 radical (unpaired) electrons. The lowest BCUT2D eigenvalue weighted by molar-refractivity contribution is -0.510. The minimum Gasteiger partial charge on any atom is -0.461 e. The second-order valence-electron chi connectivity index (χ2n) is 7.24. The van der Waals surface area contributed by atoms with Gasteiger partial charge in [0.25, 0.3) is 0 Å². The number of fused-ring (bicyclic) bond motifs is 1. The third-order valence-electron chi connectivity index (χ3n) is 5.17. The van der Waals surface area contributed by atoms with E-state index in [2.05, 4.69) is 4.98 Å². The number of nitro groups is 1. The van der Waals surface area contributed by atoms with Gasteiger partial charge in [-0.2, -0.15) is 0 Å². The van der Waals surface area contributed by atoms with Crippen LogP contribution in [0.4, 0.5) is 0 Å². The summed E-state index contributed by atoms with van der Waals surface area (Å²) in [5, 5.41) is 12.2. The number of esters is 1. The first-order valence-corrected chi connectivity index (χ1v) is 10.3. The van der Waals surface area contributed by atoms with E-state index in [-0.39, 0.29) is 13.0 Å². The number of carbonyl (C=O) groups excluding carboxylic acids is 1. The van der Waals surface area contributed by atoms with Crippen molar-refractivity contribution in [2.75, 3.05) is 6.61 Å². The van der Waals surface area contributed by atoms with Crippen LogP contribution in [-0.4, -0.2) is 28.5 Å². The molecule has 4 aromatic rings. The number of hydrogen-bond acceptors (Lipinski definition) is 5. The van der Waals surface area contributed by atoms with Crippen LogP contribution in [0.15, 0.2) is 79.0 Å². The number of carbonyl (C=O) groups is 1. The van der Waals surface area contributed by atoms with Crippen molar-refractivity contribution in [3.05, 3.63) is 94.7 Å². The fourth-order valence-corrected chi connectivity index (χ4v) is 3.64. The Morgan fingerprint density at radius 2 is 1.72 bits per heavy atom. The van der Waals surface area contributed by atoms with Gasteiger partial charge < -0.3 is 14.5 Å². The van der Waals surface area contributed by atoms with Crippen molar-refractivity contribution in [1.29, 1.82) is 0 Å². The van der Waals surface area contributed by atoms with Gasteiger partial charge in [-0.15, -0.1) is 0 Å². The molecule has 7 heteroatoms.